The lowest BCUT2D eigenvalue weighted by Crippen LogP contribution is -2.19. The second-order valence-corrected chi connectivity index (χ2v) is 8.32. The molecule has 10 heteroatoms. The first-order valence-electron chi connectivity index (χ1n) is 7.91. The molecule has 3 rings (SSSR count). The van der Waals surface area contributed by atoms with Crippen LogP contribution >= 0.6 is 11.3 Å². The summed E-state index contributed by atoms with van der Waals surface area (Å²) in [7, 11) is -2.62. The molecule has 0 bridgehead atoms. The molecule has 146 valence electrons. The molecule has 6 nitrogen and oxygen atoms in total. The van der Waals surface area contributed by atoms with Crippen LogP contribution in [-0.2, 0) is 21.4 Å². The number of nitrogens with zero attached hydrogens (tertiary/aromatic N) is 1. The van der Waals surface area contributed by atoms with Crippen LogP contribution in [0.3, 0.4) is 0 Å². The zero-order valence-electron chi connectivity index (χ0n) is 14.5. The molecule has 0 unspecified atom stereocenters. The van der Waals surface area contributed by atoms with Gasteiger partial charge in [0, 0.05) is 10.9 Å². The largest absolute Gasteiger partial charge is 0.455 e. The maximum atomic E-state index is 13.9. The minimum atomic E-state index is -3.83. The third kappa shape index (κ3) is 4.41. The molecule has 1 aromatic heterocycles. The molecule has 1 heterocycles. The van der Waals surface area contributed by atoms with Crippen LogP contribution in [-0.4, -0.2) is 26.4 Å². The van der Waals surface area contributed by atoms with Crippen molar-refractivity contribution in [3.05, 3.63) is 70.7 Å². The standard InChI is InChI=1S/C18H14F2N2O4S2/c1-21-28(24,25)14-6-7-16(20)15(8-14)18(23)26-9-13-10-27-17(22-13)11-2-4-12(19)5-3-11/h2-8,10,21H,9H2,1H3. The Bertz CT molecular complexity index is 1110. The summed E-state index contributed by atoms with van der Waals surface area (Å²) in [6, 6.07) is 8.62. The second kappa shape index (κ2) is 8.13. The molecular formula is C18H14F2N2O4S2. The average Bonchev–Trinajstić information content (AvgIpc) is 3.16. The Morgan fingerprint density at radius 2 is 1.89 bits per heavy atom. The quantitative estimate of drug-likeness (QED) is 0.614. The lowest BCUT2D eigenvalue weighted by molar-refractivity contribution is 0.0462. The monoisotopic (exact) mass is 424 g/mol. The number of hydrogen-bond donors (Lipinski definition) is 1. The highest BCUT2D eigenvalue weighted by Crippen LogP contribution is 2.24. The number of hydrogen-bond acceptors (Lipinski definition) is 6. The predicted molar refractivity (Wildman–Crippen MR) is 99.3 cm³/mol. The lowest BCUT2D eigenvalue weighted by atomic mass is 10.2. The molecule has 0 radical (unpaired) electrons. The Hall–Kier alpha value is -2.69. The number of aromatic nitrogens is 1. The molecule has 0 spiro atoms. The third-order valence-electron chi connectivity index (χ3n) is 3.73. The van der Waals surface area contributed by atoms with Gasteiger partial charge in [0.25, 0.3) is 0 Å². The van der Waals surface area contributed by atoms with E-state index in [0.717, 1.165) is 18.2 Å². The first-order valence-corrected chi connectivity index (χ1v) is 10.3. The number of carbonyl (C=O) groups excluding carboxylic acids is 1. The summed E-state index contributed by atoms with van der Waals surface area (Å²) in [6.07, 6.45) is 0. The number of halogens is 2. The molecule has 0 saturated carbocycles. The number of benzene rings is 2. The molecule has 0 aliphatic heterocycles. The SMILES string of the molecule is CNS(=O)(=O)c1ccc(F)c(C(=O)OCc2csc(-c3ccc(F)cc3)n2)c1. The van der Waals surface area contributed by atoms with Crippen molar-refractivity contribution in [2.24, 2.45) is 0 Å². The van der Waals surface area contributed by atoms with E-state index < -0.39 is 27.4 Å². The molecule has 3 aromatic rings. The lowest BCUT2D eigenvalue weighted by Gasteiger charge is -2.07. The molecular weight excluding hydrogens is 410 g/mol. The van der Waals surface area contributed by atoms with Gasteiger partial charge >= 0.3 is 5.97 Å². The molecule has 28 heavy (non-hydrogen) atoms. The van der Waals surface area contributed by atoms with Crippen molar-refractivity contribution in [1.29, 1.82) is 0 Å². The molecule has 2 aromatic carbocycles. The highest BCUT2D eigenvalue weighted by Gasteiger charge is 2.19. The van der Waals surface area contributed by atoms with Gasteiger partial charge in [-0.25, -0.2) is 31.7 Å². The maximum Gasteiger partial charge on any atom is 0.341 e. The second-order valence-electron chi connectivity index (χ2n) is 5.58. The van der Waals surface area contributed by atoms with Gasteiger partial charge in [-0.05, 0) is 49.5 Å². The summed E-state index contributed by atoms with van der Waals surface area (Å²) in [5, 5.41) is 2.27. The van der Waals surface area contributed by atoms with Crippen molar-refractivity contribution in [1.82, 2.24) is 9.71 Å². The number of thiazole rings is 1. The van der Waals surface area contributed by atoms with Crippen molar-refractivity contribution in [3.8, 4) is 10.6 Å². The normalized spacial score (nSPS) is 11.4. The minimum Gasteiger partial charge on any atom is -0.455 e. The molecule has 0 fully saturated rings. The Morgan fingerprint density at radius 3 is 2.57 bits per heavy atom. The number of rotatable bonds is 6. The van der Waals surface area contributed by atoms with Crippen LogP contribution in [0.1, 0.15) is 16.1 Å². The molecule has 0 amide bonds. The van der Waals surface area contributed by atoms with Gasteiger partial charge in [0.05, 0.1) is 16.2 Å². The van der Waals surface area contributed by atoms with E-state index in [1.54, 1.807) is 17.5 Å². The first kappa shape index (κ1) is 20.1. The molecule has 1 N–H and O–H groups in total. The molecule has 0 aliphatic carbocycles. The number of ether oxygens (including phenoxy) is 1. The predicted octanol–water partition coefficient (Wildman–Crippen LogP) is 3.35. The van der Waals surface area contributed by atoms with E-state index in [1.165, 1.54) is 30.5 Å². The van der Waals surface area contributed by atoms with Gasteiger partial charge < -0.3 is 4.74 Å². The van der Waals surface area contributed by atoms with Crippen molar-refractivity contribution in [3.63, 3.8) is 0 Å². The smallest absolute Gasteiger partial charge is 0.341 e. The summed E-state index contributed by atoms with van der Waals surface area (Å²) in [4.78, 5) is 16.2. The third-order valence-corrected chi connectivity index (χ3v) is 6.08. The Labute approximate surface area is 163 Å². The van der Waals surface area contributed by atoms with Crippen LogP contribution in [0.5, 0.6) is 0 Å². The van der Waals surface area contributed by atoms with E-state index in [4.69, 9.17) is 4.74 Å². The van der Waals surface area contributed by atoms with Crippen LogP contribution in [0, 0.1) is 11.6 Å². The highest BCUT2D eigenvalue weighted by atomic mass is 32.2. The van der Waals surface area contributed by atoms with Crippen molar-refractivity contribution in [2.75, 3.05) is 7.05 Å². The van der Waals surface area contributed by atoms with E-state index in [0.29, 0.717) is 16.3 Å². The van der Waals surface area contributed by atoms with Crippen molar-refractivity contribution >= 4 is 27.3 Å². The van der Waals surface area contributed by atoms with Gasteiger partial charge in [0.2, 0.25) is 10.0 Å². The van der Waals surface area contributed by atoms with E-state index >= 15 is 0 Å². The van der Waals surface area contributed by atoms with Gasteiger partial charge in [-0.2, -0.15) is 0 Å². The summed E-state index contributed by atoms with van der Waals surface area (Å²) in [5.41, 5.74) is 0.641. The highest BCUT2D eigenvalue weighted by molar-refractivity contribution is 7.89. The zero-order chi connectivity index (χ0) is 20.3. The van der Waals surface area contributed by atoms with Crippen LogP contribution < -0.4 is 4.72 Å². The number of sulfonamides is 1. The van der Waals surface area contributed by atoms with Crippen LogP contribution in [0.2, 0.25) is 0 Å². The van der Waals surface area contributed by atoms with Gasteiger partial charge in [0.15, 0.2) is 0 Å². The van der Waals surface area contributed by atoms with Crippen LogP contribution in [0.15, 0.2) is 52.7 Å². The number of esters is 1. The fourth-order valence-corrected chi connectivity index (χ4v) is 3.83. The fraction of sp³-hybridized carbons (Fsp3) is 0.111. The summed E-state index contributed by atoms with van der Waals surface area (Å²) < 4.78 is 57.7. The Kier molecular flexibility index (Phi) is 5.82. The van der Waals surface area contributed by atoms with Crippen LogP contribution in [0.25, 0.3) is 10.6 Å². The molecule has 0 saturated heterocycles. The van der Waals surface area contributed by atoms with Crippen molar-refractivity contribution < 1.29 is 26.7 Å². The first-order chi connectivity index (χ1) is 13.3. The zero-order valence-corrected chi connectivity index (χ0v) is 16.1. The summed E-state index contributed by atoms with van der Waals surface area (Å²) in [5.74, 6) is -2.27. The minimum absolute atomic E-state index is 0.223. The summed E-state index contributed by atoms with van der Waals surface area (Å²) in [6.45, 7) is -0.223. The van der Waals surface area contributed by atoms with Crippen LogP contribution in [0.4, 0.5) is 8.78 Å². The average molecular weight is 424 g/mol. The van der Waals surface area contributed by atoms with E-state index in [1.807, 2.05) is 0 Å². The van der Waals surface area contributed by atoms with Gasteiger partial charge in [-0.3, -0.25) is 0 Å². The van der Waals surface area contributed by atoms with Gasteiger partial charge in [0.1, 0.15) is 23.2 Å². The van der Waals surface area contributed by atoms with E-state index in [9.17, 15) is 22.0 Å². The maximum absolute atomic E-state index is 13.9. The van der Waals surface area contributed by atoms with Crippen molar-refractivity contribution in [2.45, 2.75) is 11.5 Å². The van der Waals surface area contributed by atoms with Gasteiger partial charge in [-0.1, -0.05) is 0 Å². The number of nitrogens with one attached hydrogen (secondary N) is 1. The topological polar surface area (TPSA) is 85.4 Å². The molecule has 0 atom stereocenters. The van der Waals surface area contributed by atoms with E-state index in [-0.39, 0.29) is 17.3 Å². The Morgan fingerprint density at radius 1 is 1.18 bits per heavy atom. The Balaban J connectivity index is 1.73. The molecule has 0 aliphatic rings. The fourth-order valence-electron chi connectivity index (χ4n) is 2.26. The van der Waals surface area contributed by atoms with E-state index in [2.05, 4.69) is 9.71 Å². The number of carbonyl (C=O) groups is 1. The summed E-state index contributed by atoms with van der Waals surface area (Å²) >= 11 is 1.28. The van der Waals surface area contributed by atoms with Gasteiger partial charge in [-0.15, -0.1) is 11.3 Å².